The van der Waals surface area contributed by atoms with Crippen molar-refractivity contribution in [2.75, 3.05) is 53.7 Å². The van der Waals surface area contributed by atoms with E-state index in [0.717, 1.165) is 0 Å². The molecule has 0 aromatic carbocycles. The van der Waals surface area contributed by atoms with Crippen molar-refractivity contribution in [2.45, 2.75) is 24.2 Å². The molecule has 1 heterocycles. The highest BCUT2D eigenvalue weighted by Gasteiger charge is 2.34. The maximum Gasteiger partial charge on any atom is 0.0907 e. The minimum atomic E-state index is -1.14. The second kappa shape index (κ2) is 10.2. The molecule has 0 aliphatic rings. The number of nitrogens with zero attached hydrogens (tertiary/aromatic N) is 3. The number of aliphatic hydroxyl groups excluding tert-OH is 6. The molecule has 9 nitrogen and oxygen atoms in total. The molecule has 1 aromatic heterocycles. The van der Waals surface area contributed by atoms with Crippen molar-refractivity contribution >= 4 is 0 Å². The van der Waals surface area contributed by atoms with Gasteiger partial charge in [0, 0.05) is 13.1 Å². The van der Waals surface area contributed by atoms with Crippen LogP contribution in [0.1, 0.15) is 11.4 Å². The Morgan fingerprint density at radius 2 is 1.00 bits per heavy atom. The van der Waals surface area contributed by atoms with Crippen LogP contribution < -0.4 is 0 Å². The lowest BCUT2D eigenvalue weighted by molar-refractivity contribution is -0.0402. The van der Waals surface area contributed by atoms with Gasteiger partial charge in [0.25, 0.3) is 0 Å². The van der Waals surface area contributed by atoms with Gasteiger partial charge in [0.1, 0.15) is 0 Å². The van der Waals surface area contributed by atoms with Crippen LogP contribution in [0.2, 0.25) is 0 Å². The normalized spacial score (nSPS) is 13.0. The summed E-state index contributed by atoms with van der Waals surface area (Å²) >= 11 is 0. The lowest BCUT2D eigenvalue weighted by atomic mass is 10.0. The lowest BCUT2D eigenvalue weighted by Gasteiger charge is -2.38. The van der Waals surface area contributed by atoms with Gasteiger partial charge in [-0.25, -0.2) is 0 Å². The van der Waals surface area contributed by atoms with Gasteiger partial charge in [0.15, 0.2) is 0 Å². The highest BCUT2D eigenvalue weighted by Crippen LogP contribution is 2.17. The first-order chi connectivity index (χ1) is 12.4. The van der Waals surface area contributed by atoms with E-state index in [1.165, 1.54) is 0 Å². The molecular formula is C17H31N3O6. The van der Waals surface area contributed by atoms with Crippen LogP contribution in [0.5, 0.6) is 0 Å². The Morgan fingerprint density at radius 3 is 1.27 bits per heavy atom. The molecule has 26 heavy (non-hydrogen) atoms. The molecule has 0 radical (unpaired) electrons. The summed E-state index contributed by atoms with van der Waals surface area (Å²) in [5, 5.41) is 57.1. The fourth-order valence-corrected chi connectivity index (χ4v) is 2.55. The van der Waals surface area contributed by atoms with Gasteiger partial charge >= 0.3 is 0 Å². The first-order valence-electron chi connectivity index (χ1n) is 8.39. The van der Waals surface area contributed by atoms with Crippen LogP contribution in [-0.2, 0) is 13.1 Å². The Labute approximate surface area is 153 Å². The van der Waals surface area contributed by atoms with Crippen LogP contribution in [0.25, 0.3) is 0 Å². The summed E-state index contributed by atoms with van der Waals surface area (Å²) in [6.07, 6.45) is 0. The molecule has 0 bridgehead atoms. The molecule has 9 heteroatoms. The molecule has 0 fully saturated rings. The molecule has 0 aliphatic heterocycles. The van der Waals surface area contributed by atoms with E-state index in [4.69, 9.17) is 0 Å². The maximum atomic E-state index is 9.51. The third-order valence-electron chi connectivity index (χ3n) is 5.05. The van der Waals surface area contributed by atoms with Gasteiger partial charge in [-0.15, -0.1) is 0 Å². The molecule has 6 N–H and O–H groups in total. The van der Waals surface area contributed by atoms with E-state index in [0.29, 0.717) is 24.5 Å². The van der Waals surface area contributed by atoms with Gasteiger partial charge < -0.3 is 30.6 Å². The third-order valence-corrected chi connectivity index (χ3v) is 5.05. The summed E-state index contributed by atoms with van der Waals surface area (Å²) < 4.78 is 0. The van der Waals surface area contributed by atoms with E-state index >= 15 is 0 Å². The highest BCUT2D eigenvalue weighted by atomic mass is 16.3. The van der Waals surface area contributed by atoms with Gasteiger partial charge in [0.05, 0.1) is 62.1 Å². The van der Waals surface area contributed by atoms with E-state index in [2.05, 4.69) is 4.98 Å². The molecule has 0 saturated heterocycles. The molecule has 1 aromatic rings. The van der Waals surface area contributed by atoms with E-state index < -0.39 is 50.7 Å². The lowest BCUT2D eigenvalue weighted by Crippen LogP contribution is -2.55. The largest absolute Gasteiger partial charge is 0.394 e. The van der Waals surface area contributed by atoms with Gasteiger partial charge in [-0.3, -0.25) is 14.8 Å². The van der Waals surface area contributed by atoms with Crippen molar-refractivity contribution in [2.24, 2.45) is 0 Å². The standard InChI is InChI=1S/C17H31N3O6/c1-19(16(8-21,9-22)10-23)6-14-4-3-5-15(18-14)7-20(2)17(11-24,12-25)13-26/h3-5,21-26H,6-13H2,1-2H3. The zero-order chi connectivity index (χ0) is 19.8. The van der Waals surface area contributed by atoms with Crippen molar-refractivity contribution in [3.05, 3.63) is 29.6 Å². The van der Waals surface area contributed by atoms with Crippen LogP contribution in [0.3, 0.4) is 0 Å². The topological polar surface area (TPSA) is 141 Å². The van der Waals surface area contributed by atoms with Crippen molar-refractivity contribution in [3.8, 4) is 0 Å². The number of likely N-dealkylation sites (N-methyl/N-ethyl adjacent to an activating group) is 2. The second-order valence-electron chi connectivity index (χ2n) is 6.73. The minimum absolute atomic E-state index is 0.296. The van der Waals surface area contributed by atoms with E-state index in [1.54, 1.807) is 42.1 Å². The van der Waals surface area contributed by atoms with Crippen molar-refractivity contribution in [1.29, 1.82) is 0 Å². The quantitative estimate of drug-likeness (QED) is 0.232. The molecule has 150 valence electrons. The Balaban J connectivity index is 2.92. The van der Waals surface area contributed by atoms with Crippen LogP contribution in [-0.4, -0.2) is 110 Å². The van der Waals surface area contributed by atoms with Crippen LogP contribution in [0, 0.1) is 0 Å². The monoisotopic (exact) mass is 373 g/mol. The first-order valence-corrected chi connectivity index (χ1v) is 8.39. The zero-order valence-corrected chi connectivity index (χ0v) is 15.4. The maximum absolute atomic E-state index is 9.51. The van der Waals surface area contributed by atoms with Gasteiger partial charge in [-0.05, 0) is 26.2 Å². The molecule has 0 spiro atoms. The van der Waals surface area contributed by atoms with Crippen molar-refractivity contribution in [3.63, 3.8) is 0 Å². The molecule has 0 amide bonds. The number of aromatic nitrogens is 1. The number of hydrogen-bond donors (Lipinski definition) is 6. The summed E-state index contributed by atoms with van der Waals surface area (Å²) in [6, 6.07) is 5.37. The number of aliphatic hydroxyl groups is 6. The predicted molar refractivity (Wildman–Crippen MR) is 95.1 cm³/mol. The smallest absolute Gasteiger partial charge is 0.0907 e. The van der Waals surface area contributed by atoms with Crippen LogP contribution in [0.15, 0.2) is 18.2 Å². The van der Waals surface area contributed by atoms with Crippen LogP contribution in [0.4, 0.5) is 0 Å². The van der Waals surface area contributed by atoms with E-state index in [9.17, 15) is 30.6 Å². The summed E-state index contributed by atoms with van der Waals surface area (Å²) in [4.78, 5) is 7.79. The van der Waals surface area contributed by atoms with E-state index in [1.807, 2.05) is 0 Å². The highest BCUT2D eigenvalue weighted by molar-refractivity contribution is 5.12. The van der Waals surface area contributed by atoms with Gasteiger partial charge in [-0.2, -0.15) is 0 Å². The predicted octanol–water partition coefficient (Wildman–Crippen LogP) is -2.62. The summed E-state index contributed by atoms with van der Waals surface area (Å²) in [6.45, 7) is -1.80. The molecule has 1 rings (SSSR count). The molecule has 0 unspecified atom stereocenters. The number of hydrogen-bond acceptors (Lipinski definition) is 9. The van der Waals surface area contributed by atoms with Crippen molar-refractivity contribution < 1.29 is 30.6 Å². The second-order valence-corrected chi connectivity index (χ2v) is 6.73. The summed E-state index contributed by atoms with van der Waals surface area (Å²) in [7, 11) is 3.36. The van der Waals surface area contributed by atoms with Gasteiger partial charge in [0.2, 0.25) is 0 Å². The summed E-state index contributed by atoms with van der Waals surface area (Å²) in [5.41, 5.74) is -0.954. The third kappa shape index (κ3) is 4.96. The Kier molecular flexibility index (Phi) is 9.01. The Hall–Kier alpha value is -1.17. The SMILES string of the molecule is CN(Cc1cccc(CN(C)C(CO)(CO)CO)n1)C(CO)(CO)CO. The molecule has 0 aliphatic carbocycles. The van der Waals surface area contributed by atoms with Crippen molar-refractivity contribution in [1.82, 2.24) is 14.8 Å². The number of pyridine rings is 1. The fourth-order valence-electron chi connectivity index (χ4n) is 2.55. The van der Waals surface area contributed by atoms with E-state index in [-0.39, 0.29) is 0 Å². The number of rotatable bonds is 12. The minimum Gasteiger partial charge on any atom is -0.394 e. The average Bonchev–Trinajstić information content (AvgIpc) is 2.66. The molecule has 0 atom stereocenters. The molecule has 0 saturated carbocycles. The zero-order valence-electron chi connectivity index (χ0n) is 15.4. The Bertz CT molecular complexity index is 477. The Morgan fingerprint density at radius 1 is 0.692 bits per heavy atom. The van der Waals surface area contributed by atoms with Crippen LogP contribution >= 0.6 is 0 Å². The average molecular weight is 373 g/mol. The molecular weight excluding hydrogens is 342 g/mol. The fraction of sp³-hybridized carbons (Fsp3) is 0.706. The van der Waals surface area contributed by atoms with Gasteiger partial charge in [-0.1, -0.05) is 6.07 Å². The summed E-state index contributed by atoms with van der Waals surface area (Å²) in [5.74, 6) is 0. The first kappa shape index (κ1) is 22.9.